The molecule has 0 saturated heterocycles. The third-order valence-corrected chi connectivity index (χ3v) is 1.35. The van der Waals surface area contributed by atoms with Crippen LogP contribution in [0.3, 0.4) is 0 Å². The van der Waals surface area contributed by atoms with Crippen LogP contribution < -0.4 is 0 Å². The molecule has 1 aromatic rings. The second-order valence-corrected chi connectivity index (χ2v) is 2.65. The molecule has 1 aromatic heterocycles. The van der Waals surface area contributed by atoms with Crippen LogP contribution in [0.5, 0.6) is 0 Å². The molecule has 0 N–H and O–H groups in total. The molecule has 0 radical (unpaired) electrons. The lowest BCUT2D eigenvalue weighted by atomic mass is 10.3. The van der Waals surface area contributed by atoms with Gasteiger partial charge in [-0.15, -0.1) is 0 Å². The van der Waals surface area contributed by atoms with Crippen molar-refractivity contribution in [1.82, 2.24) is 10.1 Å². The monoisotopic (exact) mass is 266 g/mol. The van der Waals surface area contributed by atoms with Crippen LogP contribution in [0.25, 0.3) is 0 Å². The van der Waals surface area contributed by atoms with Gasteiger partial charge in [0.15, 0.2) is 0 Å². The van der Waals surface area contributed by atoms with Crippen LogP contribution in [-0.4, -0.2) is 16.3 Å². The Morgan fingerprint density at radius 2 is 1.69 bits per heavy atom. The van der Waals surface area contributed by atoms with Gasteiger partial charge in [0.1, 0.15) is 0 Å². The third kappa shape index (κ3) is 1.79. The second-order valence-electron chi connectivity index (χ2n) is 1.94. The number of halogens is 6. The van der Waals surface area contributed by atoms with E-state index in [1.54, 1.807) is 0 Å². The first-order chi connectivity index (χ1) is 5.75. The molecule has 3 nitrogen and oxygen atoms in total. The molecule has 13 heavy (non-hydrogen) atoms. The Morgan fingerprint density at radius 1 is 1.15 bits per heavy atom. The highest BCUT2D eigenvalue weighted by Gasteiger charge is 2.63. The summed E-state index contributed by atoms with van der Waals surface area (Å²) >= 11 is 2.47. The lowest BCUT2D eigenvalue weighted by Crippen LogP contribution is -2.33. The smallest absolute Gasteiger partial charge is 0.331 e. The van der Waals surface area contributed by atoms with E-state index >= 15 is 0 Å². The second kappa shape index (κ2) is 2.89. The van der Waals surface area contributed by atoms with Crippen molar-refractivity contribution in [3.63, 3.8) is 0 Å². The standard InChI is InChI=1S/C4BrF5N2O/c5-2-11-1(13-12-2)3(6,7)4(8,9)10. The van der Waals surface area contributed by atoms with Gasteiger partial charge in [0, 0.05) is 0 Å². The normalized spacial score (nSPS) is 13.4. The minimum absolute atomic E-state index is 0.466. The highest BCUT2D eigenvalue weighted by atomic mass is 79.9. The lowest BCUT2D eigenvalue weighted by Gasteiger charge is -2.14. The summed E-state index contributed by atoms with van der Waals surface area (Å²) in [4.78, 5) is 2.72. The zero-order valence-corrected chi connectivity index (χ0v) is 7.16. The largest absolute Gasteiger partial charge is 0.463 e. The number of alkyl halides is 5. The minimum Gasteiger partial charge on any atom is -0.331 e. The number of nitrogens with zero attached hydrogens (tertiary/aromatic N) is 2. The predicted octanol–water partition coefficient (Wildman–Crippen LogP) is 2.49. The van der Waals surface area contributed by atoms with Gasteiger partial charge in [-0.05, 0) is 21.1 Å². The molecule has 1 rings (SSSR count). The zero-order valence-electron chi connectivity index (χ0n) is 5.57. The average molecular weight is 267 g/mol. The van der Waals surface area contributed by atoms with Crippen molar-refractivity contribution in [2.75, 3.05) is 0 Å². The molecule has 1 heterocycles. The Kier molecular flexibility index (Phi) is 2.30. The SMILES string of the molecule is FC(F)(F)C(F)(F)c1nc(Br)no1. The molecule has 0 aromatic carbocycles. The molecule has 0 atom stereocenters. The topological polar surface area (TPSA) is 38.9 Å². The average Bonchev–Trinajstić information content (AvgIpc) is 2.33. The first-order valence-electron chi connectivity index (χ1n) is 2.69. The highest BCUT2D eigenvalue weighted by molar-refractivity contribution is 9.10. The fourth-order valence-electron chi connectivity index (χ4n) is 0.454. The zero-order chi connectivity index (χ0) is 10.3. The number of aromatic nitrogens is 2. The highest BCUT2D eigenvalue weighted by Crippen LogP contribution is 2.43. The molecule has 0 aliphatic rings. The van der Waals surface area contributed by atoms with Crippen molar-refractivity contribution in [3.05, 3.63) is 10.6 Å². The first kappa shape index (κ1) is 10.4. The van der Waals surface area contributed by atoms with E-state index in [9.17, 15) is 22.0 Å². The van der Waals surface area contributed by atoms with Gasteiger partial charge < -0.3 is 4.52 Å². The van der Waals surface area contributed by atoms with Gasteiger partial charge in [0.2, 0.25) is 4.73 Å². The maximum atomic E-state index is 12.3. The van der Waals surface area contributed by atoms with Gasteiger partial charge in [-0.3, -0.25) is 0 Å². The molecule has 0 bridgehead atoms. The van der Waals surface area contributed by atoms with Gasteiger partial charge in [0.25, 0.3) is 0 Å². The van der Waals surface area contributed by atoms with Crippen molar-refractivity contribution in [2.45, 2.75) is 12.1 Å². The molecule has 0 unspecified atom stereocenters. The molecule has 0 spiro atoms. The summed E-state index contributed by atoms with van der Waals surface area (Å²) in [5.74, 6) is -6.90. The summed E-state index contributed by atoms with van der Waals surface area (Å²) in [5, 5.41) is 2.75. The van der Waals surface area contributed by atoms with E-state index in [0.717, 1.165) is 0 Å². The number of hydrogen-bond donors (Lipinski definition) is 0. The predicted molar refractivity (Wildman–Crippen MR) is 31.9 cm³/mol. The number of rotatable bonds is 1. The fraction of sp³-hybridized carbons (Fsp3) is 0.500. The van der Waals surface area contributed by atoms with Gasteiger partial charge in [0.05, 0.1) is 0 Å². The maximum absolute atomic E-state index is 12.3. The Labute approximate surface area is 76.0 Å². The minimum atomic E-state index is -5.74. The molecule has 0 saturated carbocycles. The van der Waals surface area contributed by atoms with Gasteiger partial charge >= 0.3 is 18.0 Å². The van der Waals surface area contributed by atoms with Crippen molar-refractivity contribution >= 4 is 15.9 Å². The molecule has 0 amide bonds. The van der Waals surface area contributed by atoms with E-state index in [-0.39, 0.29) is 0 Å². The van der Waals surface area contributed by atoms with Crippen LogP contribution >= 0.6 is 15.9 Å². The van der Waals surface area contributed by atoms with Gasteiger partial charge in [-0.2, -0.15) is 26.9 Å². The molecule has 0 aliphatic carbocycles. The molecular formula is C4BrF5N2O. The van der Waals surface area contributed by atoms with Crippen molar-refractivity contribution < 1.29 is 26.5 Å². The summed E-state index contributed by atoms with van der Waals surface area (Å²) in [6, 6.07) is 0. The maximum Gasteiger partial charge on any atom is 0.463 e. The van der Waals surface area contributed by atoms with E-state index in [2.05, 4.69) is 30.6 Å². The summed E-state index contributed by atoms with van der Waals surface area (Å²) in [5.41, 5.74) is 0. The van der Waals surface area contributed by atoms with E-state index in [1.807, 2.05) is 0 Å². The fourth-order valence-corrected chi connectivity index (χ4v) is 0.688. The molecule has 9 heteroatoms. The van der Waals surface area contributed by atoms with Gasteiger partial charge in [-0.1, -0.05) is 0 Å². The van der Waals surface area contributed by atoms with Crippen LogP contribution in [0.1, 0.15) is 5.89 Å². The molecule has 74 valence electrons. The summed E-state index contributed by atoms with van der Waals surface area (Å²) in [6.07, 6.45) is -5.74. The quantitative estimate of drug-likeness (QED) is 0.733. The van der Waals surface area contributed by atoms with Crippen LogP contribution in [0.15, 0.2) is 9.26 Å². The van der Waals surface area contributed by atoms with E-state index in [1.165, 1.54) is 0 Å². The van der Waals surface area contributed by atoms with E-state index < -0.39 is 22.7 Å². The molecule has 0 aliphatic heterocycles. The Morgan fingerprint density at radius 3 is 2.00 bits per heavy atom. The summed E-state index contributed by atoms with van der Waals surface area (Å²) < 4.78 is 62.8. The molecular weight excluding hydrogens is 267 g/mol. The van der Waals surface area contributed by atoms with Crippen molar-refractivity contribution in [2.24, 2.45) is 0 Å². The van der Waals surface area contributed by atoms with Crippen LogP contribution in [0.4, 0.5) is 22.0 Å². The van der Waals surface area contributed by atoms with E-state index in [4.69, 9.17) is 0 Å². The number of hydrogen-bond acceptors (Lipinski definition) is 3. The van der Waals surface area contributed by atoms with E-state index in [0.29, 0.717) is 0 Å². The summed E-state index contributed by atoms with van der Waals surface area (Å²) in [6.45, 7) is 0. The van der Waals surface area contributed by atoms with Crippen molar-refractivity contribution in [3.8, 4) is 0 Å². The Bertz CT molecular complexity index is 308. The third-order valence-electron chi connectivity index (χ3n) is 1.03. The first-order valence-corrected chi connectivity index (χ1v) is 3.48. The Balaban J connectivity index is 3.07. The Hall–Kier alpha value is -0.730. The van der Waals surface area contributed by atoms with Crippen molar-refractivity contribution in [1.29, 1.82) is 0 Å². The lowest BCUT2D eigenvalue weighted by molar-refractivity contribution is -0.298. The van der Waals surface area contributed by atoms with Crippen LogP contribution in [0.2, 0.25) is 0 Å². The van der Waals surface area contributed by atoms with Crippen LogP contribution in [-0.2, 0) is 5.92 Å². The molecule has 0 fully saturated rings. The van der Waals surface area contributed by atoms with Crippen LogP contribution in [0, 0.1) is 0 Å². The summed E-state index contributed by atoms with van der Waals surface area (Å²) in [7, 11) is 0. The van der Waals surface area contributed by atoms with Gasteiger partial charge in [-0.25, -0.2) is 0 Å².